The number of amides is 4. The molecule has 4 amide bonds. The lowest BCUT2D eigenvalue weighted by Gasteiger charge is -2.30. The number of hydrogen-bond acceptors (Lipinski definition) is 4. The van der Waals surface area contributed by atoms with Gasteiger partial charge in [-0.2, -0.15) is 0 Å². The van der Waals surface area contributed by atoms with Crippen molar-refractivity contribution in [1.29, 1.82) is 0 Å². The van der Waals surface area contributed by atoms with Gasteiger partial charge >= 0.3 is 0 Å². The zero-order chi connectivity index (χ0) is 18.4. The maximum atomic E-state index is 12.8. The van der Waals surface area contributed by atoms with Crippen LogP contribution in [-0.4, -0.2) is 39.6 Å². The van der Waals surface area contributed by atoms with Crippen molar-refractivity contribution in [3.63, 3.8) is 0 Å². The lowest BCUT2D eigenvalue weighted by atomic mass is 10.1. The second-order valence-electron chi connectivity index (χ2n) is 5.99. The van der Waals surface area contributed by atoms with Gasteiger partial charge in [0.2, 0.25) is 0 Å². The molecule has 2 aromatic rings. The number of fused-ring (bicyclic) bond motifs is 2. The van der Waals surface area contributed by atoms with Crippen LogP contribution in [0.3, 0.4) is 0 Å². The van der Waals surface area contributed by atoms with E-state index in [2.05, 4.69) is 0 Å². The zero-order valence-electron chi connectivity index (χ0n) is 13.9. The predicted molar refractivity (Wildman–Crippen MR) is 92.5 cm³/mol. The number of carbonyl (C=O) groups excluding carboxylic acids is 4. The van der Waals surface area contributed by atoms with Gasteiger partial charge in [-0.25, -0.2) is 9.80 Å². The molecular formula is C20H14N2O4. The Hall–Kier alpha value is -3.54. The van der Waals surface area contributed by atoms with Crippen molar-refractivity contribution in [2.24, 2.45) is 0 Å². The van der Waals surface area contributed by atoms with Crippen molar-refractivity contribution < 1.29 is 19.2 Å². The van der Waals surface area contributed by atoms with Gasteiger partial charge in [-0.05, 0) is 37.3 Å². The molecule has 0 radical (unpaired) electrons. The SMILES string of the molecule is CC=CC(N1C(=O)c2ccccc2C1=O)N1C(=O)c2ccccc2C1=O. The average molecular weight is 346 g/mol. The van der Waals surface area contributed by atoms with Crippen LogP contribution in [-0.2, 0) is 0 Å². The highest BCUT2D eigenvalue weighted by atomic mass is 16.2. The summed E-state index contributed by atoms with van der Waals surface area (Å²) in [5.41, 5.74) is 1.07. The van der Waals surface area contributed by atoms with E-state index in [9.17, 15) is 19.2 Å². The topological polar surface area (TPSA) is 74.8 Å². The number of allylic oxidation sites excluding steroid dienone is 1. The van der Waals surface area contributed by atoms with Gasteiger partial charge in [0, 0.05) is 0 Å². The number of carbonyl (C=O) groups is 4. The molecule has 0 N–H and O–H groups in total. The first-order valence-corrected chi connectivity index (χ1v) is 8.13. The maximum Gasteiger partial charge on any atom is 0.263 e. The fraction of sp³-hybridized carbons (Fsp3) is 0.100. The molecule has 0 aromatic heterocycles. The van der Waals surface area contributed by atoms with E-state index in [-0.39, 0.29) is 22.3 Å². The van der Waals surface area contributed by atoms with Gasteiger partial charge in [0.15, 0.2) is 0 Å². The van der Waals surface area contributed by atoms with E-state index in [0.29, 0.717) is 0 Å². The monoisotopic (exact) mass is 346 g/mol. The van der Waals surface area contributed by atoms with Crippen LogP contribution in [0.5, 0.6) is 0 Å². The average Bonchev–Trinajstić information content (AvgIpc) is 3.06. The predicted octanol–water partition coefficient (Wildman–Crippen LogP) is 2.48. The number of rotatable bonds is 3. The second kappa shape index (κ2) is 5.77. The van der Waals surface area contributed by atoms with Crippen LogP contribution < -0.4 is 0 Å². The lowest BCUT2D eigenvalue weighted by Crippen LogP contribution is -2.52. The Morgan fingerprint density at radius 3 is 1.23 bits per heavy atom. The summed E-state index contributed by atoms with van der Waals surface area (Å²) in [6.45, 7) is 1.70. The van der Waals surface area contributed by atoms with E-state index < -0.39 is 29.8 Å². The van der Waals surface area contributed by atoms with Crippen LogP contribution in [0, 0.1) is 0 Å². The third kappa shape index (κ3) is 2.05. The van der Waals surface area contributed by atoms with Crippen molar-refractivity contribution in [2.75, 3.05) is 0 Å². The number of imide groups is 2. The molecule has 0 spiro atoms. The smallest absolute Gasteiger partial charge is 0.263 e. The first-order chi connectivity index (χ1) is 12.6. The highest BCUT2D eigenvalue weighted by molar-refractivity contribution is 6.24. The Kier molecular flexibility index (Phi) is 3.54. The normalized spacial score (nSPS) is 16.2. The van der Waals surface area contributed by atoms with Crippen LogP contribution in [0.1, 0.15) is 48.4 Å². The van der Waals surface area contributed by atoms with E-state index in [1.165, 1.54) is 6.08 Å². The Morgan fingerprint density at radius 1 is 0.654 bits per heavy atom. The third-order valence-electron chi connectivity index (χ3n) is 4.54. The molecule has 0 bridgehead atoms. The Labute approximate surface area is 149 Å². The fourth-order valence-electron chi connectivity index (χ4n) is 3.36. The minimum Gasteiger partial charge on any atom is -0.268 e. The first-order valence-electron chi connectivity index (χ1n) is 8.13. The van der Waals surface area contributed by atoms with Crippen LogP contribution >= 0.6 is 0 Å². The standard InChI is InChI=1S/C20H14N2O4/c1-2-7-16(21-17(23)12-8-3-4-9-13(12)18(21)24)22-19(25)14-10-5-6-11-15(14)20(22)26/h2-11,16H,1H3. The summed E-state index contributed by atoms with van der Waals surface area (Å²) in [4.78, 5) is 53.1. The van der Waals surface area contributed by atoms with Gasteiger partial charge in [0.25, 0.3) is 23.6 Å². The Bertz CT molecular complexity index is 863. The highest BCUT2D eigenvalue weighted by Crippen LogP contribution is 2.31. The summed E-state index contributed by atoms with van der Waals surface area (Å²) in [7, 11) is 0. The molecule has 4 rings (SSSR count). The summed E-state index contributed by atoms with van der Waals surface area (Å²) < 4.78 is 0. The molecule has 0 saturated heterocycles. The number of benzene rings is 2. The van der Waals surface area contributed by atoms with Crippen LogP contribution in [0.4, 0.5) is 0 Å². The van der Waals surface area contributed by atoms with Crippen LogP contribution in [0.15, 0.2) is 60.7 Å². The minimum atomic E-state index is -1.11. The maximum absolute atomic E-state index is 12.8. The number of nitrogens with zero attached hydrogens (tertiary/aromatic N) is 2. The molecule has 2 aliphatic heterocycles. The van der Waals surface area contributed by atoms with E-state index in [0.717, 1.165) is 9.80 Å². The Morgan fingerprint density at radius 2 is 0.962 bits per heavy atom. The van der Waals surface area contributed by atoms with Crippen molar-refractivity contribution in [3.05, 3.63) is 82.9 Å². The van der Waals surface area contributed by atoms with Gasteiger partial charge < -0.3 is 0 Å². The lowest BCUT2D eigenvalue weighted by molar-refractivity contribution is 0.0368. The molecular weight excluding hydrogens is 332 g/mol. The Balaban J connectivity index is 1.80. The fourth-order valence-corrected chi connectivity index (χ4v) is 3.36. The second-order valence-corrected chi connectivity index (χ2v) is 5.99. The van der Waals surface area contributed by atoms with Crippen LogP contribution in [0.25, 0.3) is 0 Å². The van der Waals surface area contributed by atoms with Crippen molar-refractivity contribution in [2.45, 2.75) is 13.1 Å². The first kappa shape index (κ1) is 16.0. The molecule has 2 aromatic carbocycles. The molecule has 0 aliphatic carbocycles. The molecule has 2 aliphatic rings. The summed E-state index contributed by atoms with van der Waals surface area (Å²) in [6, 6.07) is 12.9. The van der Waals surface area contributed by atoms with Gasteiger partial charge in [-0.3, -0.25) is 19.2 Å². The van der Waals surface area contributed by atoms with Gasteiger partial charge in [-0.1, -0.05) is 30.3 Å². The molecule has 0 unspecified atom stereocenters. The van der Waals surface area contributed by atoms with E-state index in [1.54, 1.807) is 61.5 Å². The highest BCUT2D eigenvalue weighted by Gasteiger charge is 2.47. The molecule has 0 fully saturated rings. The zero-order valence-corrected chi connectivity index (χ0v) is 13.9. The third-order valence-corrected chi connectivity index (χ3v) is 4.54. The quantitative estimate of drug-likeness (QED) is 0.632. The van der Waals surface area contributed by atoms with Gasteiger partial charge in [0.05, 0.1) is 22.3 Å². The summed E-state index contributed by atoms with van der Waals surface area (Å²) in [5, 5.41) is 0. The molecule has 2 heterocycles. The van der Waals surface area contributed by atoms with E-state index >= 15 is 0 Å². The van der Waals surface area contributed by atoms with Crippen molar-refractivity contribution in [1.82, 2.24) is 9.80 Å². The molecule has 6 nitrogen and oxygen atoms in total. The largest absolute Gasteiger partial charge is 0.268 e. The van der Waals surface area contributed by atoms with Gasteiger partial charge in [-0.15, -0.1) is 0 Å². The van der Waals surface area contributed by atoms with E-state index in [4.69, 9.17) is 0 Å². The molecule has 0 saturated carbocycles. The van der Waals surface area contributed by atoms with Crippen molar-refractivity contribution in [3.8, 4) is 0 Å². The van der Waals surface area contributed by atoms with Gasteiger partial charge in [0.1, 0.15) is 6.17 Å². The van der Waals surface area contributed by atoms with Crippen LogP contribution in [0.2, 0.25) is 0 Å². The molecule has 6 heteroatoms. The molecule has 26 heavy (non-hydrogen) atoms. The summed E-state index contributed by atoms with van der Waals surface area (Å²) in [5.74, 6) is -2.09. The summed E-state index contributed by atoms with van der Waals surface area (Å²) >= 11 is 0. The molecule has 128 valence electrons. The van der Waals surface area contributed by atoms with Crippen molar-refractivity contribution >= 4 is 23.6 Å². The summed E-state index contributed by atoms with van der Waals surface area (Å²) in [6.07, 6.45) is 2.00. The van der Waals surface area contributed by atoms with E-state index in [1.807, 2.05) is 0 Å². The minimum absolute atomic E-state index is 0.267. The molecule has 0 atom stereocenters. The number of hydrogen-bond donors (Lipinski definition) is 0.